The largest absolute Gasteiger partial charge is 0.322 e. The summed E-state index contributed by atoms with van der Waals surface area (Å²) in [5, 5.41) is 2.98. The van der Waals surface area contributed by atoms with E-state index < -0.39 is 0 Å². The molecule has 4 aromatic rings. The molecule has 1 N–H and O–H groups in total. The fourth-order valence-electron chi connectivity index (χ4n) is 3.84. The second-order valence-corrected chi connectivity index (χ2v) is 9.53. The number of amides is 1. The van der Waals surface area contributed by atoms with Crippen molar-refractivity contribution in [2.24, 2.45) is 0 Å². The highest BCUT2D eigenvalue weighted by Gasteiger charge is 2.17. The van der Waals surface area contributed by atoms with Crippen molar-refractivity contribution in [3.05, 3.63) is 137 Å². The first-order valence-corrected chi connectivity index (χ1v) is 11.7. The Hall–Kier alpha value is -4.24. The van der Waals surface area contributed by atoms with Crippen molar-refractivity contribution in [3.8, 4) is 0 Å². The molecule has 174 valence electrons. The lowest BCUT2D eigenvalue weighted by Gasteiger charge is -2.19. The van der Waals surface area contributed by atoms with Gasteiger partial charge in [0.15, 0.2) is 5.78 Å². The first kappa shape index (κ1) is 23.9. The van der Waals surface area contributed by atoms with Crippen molar-refractivity contribution in [2.45, 2.75) is 26.2 Å². The molecule has 0 spiro atoms. The Balaban J connectivity index is 1.58. The third-order valence-corrected chi connectivity index (χ3v) is 5.84. The van der Waals surface area contributed by atoms with E-state index in [0.717, 1.165) is 11.1 Å². The number of carbonyl (C=O) groups is 2. The van der Waals surface area contributed by atoms with Gasteiger partial charge in [-0.15, -0.1) is 0 Å². The summed E-state index contributed by atoms with van der Waals surface area (Å²) in [4.78, 5) is 26.5. The van der Waals surface area contributed by atoms with Gasteiger partial charge in [0, 0.05) is 22.4 Å². The zero-order chi connectivity index (χ0) is 24.8. The summed E-state index contributed by atoms with van der Waals surface area (Å²) in [6, 6.07) is 34.1. The molecule has 0 radical (unpaired) electrons. The average molecular weight is 460 g/mol. The predicted molar refractivity (Wildman–Crippen MR) is 144 cm³/mol. The van der Waals surface area contributed by atoms with Gasteiger partial charge in [0.05, 0.1) is 0 Å². The van der Waals surface area contributed by atoms with Crippen LogP contribution in [0.5, 0.6) is 0 Å². The van der Waals surface area contributed by atoms with Crippen molar-refractivity contribution in [1.29, 1.82) is 0 Å². The Kier molecular flexibility index (Phi) is 7.07. The molecule has 4 aromatic carbocycles. The summed E-state index contributed by atoms with van der Waals surface area (Å²) in [5.74, 6) is -0.316. The zero-order valence-corrected chi connectivity index (χ0v) is 20.3. The van der Waals surface area contributed by atoms with Crippen LogP contribution in [0.4, 0.5) is 5.69 Å². The standard InChI is InChI=1S/C32H29NO2/c1-32(2,3)27-19-17-25(18-20-27)30(34)26-15-10-16-28(22-26)33-31(35)29(24-13-8-5-9-14-24)21-23-11-6-4-7-12-23/h4-22H,1-3H3,(H,33,35)/b29-21+. The number of hydrogen-bond donors (Lipinski definition) is 1. The molecular weight excluding hydrogens is 430 g/mol. The van der Waals surface area contributed by atoms with Gasteiger partial charge < -0.3 is 5.32 Å². The smallest absolute Gasteiger partial charge is 0.256 e. The van der Waals surface area contributed by atoms with E-state index in [1.807, 2.05) is 91.0 Å². The third-order valence-electron chi connectivity index (χ3n) is 5.84. The van der Waals surface area contributed by atoms with Gasteiger partial charge in [0.25, 0.3) is 5.91 Å². The Morgan fingerprint density at radius 1 is 0.657 bits per heavy atom. The number of nitrogens with one attached hydrogen (secondary N) is 1. The van der Waals surface area contributed by atoms with Gasteiger partial charge in [-0.1, -0.05) is 118 Å². The molecule has 0 atom stereocenters. The van der Waals surface area contributed by atoms with E-state index >= 15 is 0 Å². The van der Waals surface area contributed by atoms with Crippen molar-refractivity contribution in [2.75, 3.05) is 5.32 Å². The second-order valence-electron chi connectivity index (χ2n) is 9.53. The van der Waals surface area contributed by atoms with Crippen LogP contribution in [-0.4, -0.2) is 11.7 Å². The van der Waals surface area contributed by atoms with Crippen molar-refractivity contribution < 1.29 is 9.59 Å². The van der Waals surface area contributed by atoms with Crippen LogP contribution in [0.2, 0.25) is 0 Å². The van der Waals surface area contributed by atoms with Crippen LogP contribution in [0, 0.1) is 0 Å². The normalized spacial score (nSPS) is 11.7. The number of ketones is 1. The number of benzene rings is 4. The molecule has 0 heterocycles. The number of hydrogen-bond acceptors (Lipinski definition) is 2. The molecule has 1 amide bonds. The summed E-state index contributed by atoms with van der Waals surface area (Å²) in [6.45, 7) is 6.43. The maximum atomic E-state index is 13.3. The van der Waals surface area contributed by atoms with Crippen LogP contribution in [-0.2, 0) is 10.2 Å². The molecule has 3 nitrogen and oxygen atoms in total. The van der Waals surface area contributed by atoms with Gasteiger partial charge in [-0.05, 0) is 40.3 Å². The summed E-state index contributed by atoms with van der Waals surface area (Å²) in [5.41, 5.74) is 5.22. The van der Waals surface area contributed by atoms with Crippen LogP contribution >= 0.6 is 0 Å². The molecule has 0 unspecified atom stereocenters. The van der Waals surface area contributed by atoms with Crippen molar-refractivity contribution in [1.82, 2.24) is 0 Å². The minimum Gasteiger partial charge on any atom is -0.322 e. The minimum absolute atomic E-state index is 0.0233. The van der Waals surface area contributed by atoms with Crippen molar-refractivity contribution in [3.63, 3.8) is 0 Å². The number of rotatable bonds is 6. The lowest BCUT2D eigenvalue weighted by molar-refractivity contribution is -0.111. The zero-order valence-electron chi connectivity index (χ0n) is 20.3. The van der Waals surface area contributed by atoms with E-state index in [0.29, 0.717) is 22.4 Å². The highest BCUT2D eigenvalue weighted by Crippen LogP contribution is 2.24. The maximum Gasteiger partial charge on any atom is 0.256 e. The predicted octanol–water partition coefficient (Wildman–Crippen LogP) is 7.39. The Morgan fingerprint density at radius 3 is 1.89 bits per heavy atom. The topological polar surface area (TPSA) is 46.2 Å². The molecular formula is C32H29NO2. The minimum atomic E-state index is -0.237. The molecule has 0 aliphatic carbocycles. The van der Waals surface area contributed by atoms with E-state index in [2.05, 4.69) is 26.1 Å². The van der Waals surface area contributed by atoms with Gasteiger partial charge in [-0.25, -0.2) is 0 Å². The van der Waals surface area contributed by atoms with Gasteiger partial charge in [0.1, 0.15) is 0 Å². The average Bonchev–Trinajstić information content (AvgIpc) is 2.87. The molecule has 0 aromatic heterocycles. The van der Waals surface area contributed by atoms with Crippen LogP contribution in [0.3, 0.4) is 0 Å². The van der Waals surface area contributed by atoms with E-state index in [1.165, 1.54) is 5.56 Å². The monoisotopic (exact) mass is 459 g/mol. The molecule has 0 fully saturated rings. The van der Waals surface area contributed by atoms with Crippen LogP contribution in [0.25, 0.3) is 11.6 Å². The third kappa shape index (κ3) is 6.01. The summed E-state index contributed by atoms with van der Waals surface area (Å²) < 4.78 is 0. The SMILES string of the molecule is CC(C)(C)c1ccc(C(=O)c2cccc(NC(=O)/C(=C/c3ccccc3)c3ccccc3)c2)cc1. The molecule has 3 heteroatoms. The van der Waals surface area contributed by atoms with E-state index in [4.69, 9.17) is 0 Å². The highest BCUT2D eigenvalue weighted by molar-refractivity contribution is 6.29. The highest BCUT2D eigenvalue weighted by atomic mass is 16.1. The quantitative estimate of drug-likeness (QED) is 0.186. The molecule has 0 aliphatic heterocycles. The Bertz CT molecular complexity index is 1350. The Labute approximate surface area is 207 Å². The summed E-state index contributed by atoms with van der Waals surface area (Å²) in [7, 11) is 0. The van der Waals surface area contributed by atoms with E-state index in [9.17, 15) is 9.59 Å². The molecule has 0 aliphatic rings. The van der Waals surface area contributed by atoms with Gasteiger partial charge in [-0.2, -0.15) is 0 Å². The lowest BCUT2D eigenvalue weighted by atomic mass is 9.86. The lowest BCUT2D eigenvalue weighted by Crippen LogP contribution is -2.14. The van der Waals surface area contributed by atoms with Gasteiger partial charge >= 0.3 is 0 Å². The fourth-order valence-corrected chi connectivity index (χ4v) is 3.84. The van der Waals surface area contributed by atoms with Crippen LogP contribution in [0.15, 0.2) is 109 Å². The van der Waals surface area contributed by atoms with Gasteiger partial charge in [0.2, 0.25) is 0 Å². The first-order valence-electron chi connectivity index (χ1n) is 11.7. The summed E-state index contributed by atoms with van der Waals surface area (Å²) >= 11 is 0. The van der Waals surface area contributed by atoms with E-state index in [1.54, 1.807) is 24.3 Å². The Morgan fingerprint density at radius 2 is 1.26 bits per heavy atom. The van der Waals surface area contributed by atoms with Crippen molar-refractivity contribution >= 4 is 29.0 Å². The van der Waals surface area contributed by atoms with Crippen LogP contribution < -0.4 is 5.32 Å². The number of anilines is 1. The molecule has 0 bridgehead atoms. The molecule has 0 saturated heterocycles. The fraction of sp³-hybridized carbons (Fsp3) is 0.125. The molecule has 35 heavy (non-hydrogen) atoms. The summed E-state index contributed by atoms with van der Waals surface area (Å²) in [6.07, 6.45) is 1.87. The molecule has 4 rings (SSSR count). The first-order chi connectivity index (χ1) is 16.8. The molecule has 0 saturated carbocycles. The van der Waals surface area contributed by atoms with Crippen LogP contribution in [0.1, 0.15) is 53.4 Å². The van der Waals surface area contributed by atoms with E-state index in [-0.39, 0.29) is 17.1 Å². The van der Waals surface area contributed by atoms with Gasteiger partial charge in [-0.3, -0.25) is 9.59 Å². The second kappa shape index (κ2) is 10.4. The maximum absolute atomic E-state index is 13.3. The number of carbonyl (C=O) groups excluding carboxylic acids is 2.